The van der Waals surface area contributed by atoms with Crippen LogP contribution >= 0.6 is 0 Å². The van der Waals surface area contributed by atoms with E-state index in [1.807, 2.05) is 36.4 Å². The summed E-state index contributed by atoms with van der Waals surface area (Å²) >= 11 is 0. The van der Waals surface area contributed by atoms with Gasteiger partial charge in [0.05, 0.1) is 6.04 Å². The fourth-order valence-corrected chi connectivity index (χ4v) is 2.46. The van der Waals surface area contributed by atoms with E-state index >= 15 is 0 Å². The number of hydrogen-bond acceptors (Lipinski definition) is 5. The van der Waals surface area contributed by atoms with E-state index in [4.69, 9.17) is 0 Å². The minimum Gasteiger partial charge on any atom is -0.396 e. The molecular weight excluding hydrogens is 278 g/mol. The van der Waals surface area contributed by atoms with E-state index in [1.165, 1.54) is 6.33 Å². The van der Waals surface area contributed by atoms with Crippen molar-refractivity contribution in [2.24, 2.45) is 0 Å². The van der Waals surface area contributed by atoms with Crippen LogP contribution in [0.1, 0.15) is 30.6 Å². The van der Waals surface area contributed by atoms with Crippen LogP contribution in [-0.2, 0) is 6.42 Å². The maximum Gasteiger partial charge on any atom is 0.254 e. The second-order valence-corrected chi connectivity index (χ2v) is 5.08. The number of hydrogen-bond donors (Lipinski definition) is 2. The van der Waals surface area contributed by atoms with E-state index in [0.29, 0.717) is 12.2 Å². The Morgan fingerprint density at radius 1 is 1.27 bits per heavy atom. The molecule has 22 heavy (non-hydrogen) atoms. The van der Waals surface area contributed by atoms with E-state index in [1.54, 1.807) is 4.52 Å². The Labute approximate surface area is 128 Å². The molecule has 0 aliphatic carbocycles. The van der Waals surface area contributed by atoms with Gasteiger partial charge in [-0.25, -0.2) is 4.98 Å². The SMILES string of the molecule is CCc1cc(N[C@@H](CCO)c2ccccc2)n2ncnc2n1. The van der Waals surface area contributed by atoms with E-state index in [0.717, 1.165) is 23.5 Å². The smallest absolute Gasteiger partial charge is 0.254 e. The molecule has 1 atom stereocenters. The van der Waals surface area contributed by atoms with Crippen molar-refractivity contribution in [3.8, 4) is 0 Å². The number of aryl methyl sites for hydroxylation is 1. The third kappa shape index (κ3) is 2.92. The van der Waals surface area contributed by atoms with Gasteiger partial charge in [0.15, 0.2) is 0 Å². The van der Waals surface area contributed by atoms with Gasteiger partial charge in [-0.3, -0.25) is 0 Å². The van der Waals surface area contributed by atoms with Gasteiger partial charge in [0.25, 0.3) is 5.78 Å². The lowest BCUT2D eigenvalue weighted by Crippen LogP contribution is -2.15. The maximum atomic E-state index is 9.36. The molecule has 0 saturated heterocycles. The third-order valence-electron chi connectivity index (χ3n) is 3.61. The summed E-state index contributed by atoms with van der Waals surface area (Å²) in [6, 6.07) is 12.1. The average Bonchev–Trinajstić information content (AvgIpc) is 3.03. The number of aromatic nitrogens is 4. The fraction of sp³-hybridized carbons (Fsp3) is 0.312. The zero-order chi connectivity index (χ0) is 15.4. The van der Waals surface area contributed by atoms with Crippen LogP contribution in [0.2, 0.25) is 0 Å². The summed E-state index contributed by atoms with van der Waals surface area (Å²) in [4.78, 5) is 8.61. The molecule has 0 spiro atoms. The second-order valence-electron chi connectivity index (χ2n) is 5.08. The van der Waals surface area contributed by atoms with Gasteiger partial charge < -0.3 is 10.4 Å². The Morgan fingerprint density at radius 2 is 2.09 bits per heavy atom. The van der Waals surface area contributed by atoms with Gasteiger partial charge >= 0.3 is 0 Å². The van der Waals surface area contributed by atoms with Gasteiger partial charge in [-0.15, -0.1) is 0 Å². The fourth-order valence-electron chi connectivity index (χ4n) is 2.46. The highest BCUT2D eigenvalue weighted by molar-refractivity contribution is 5.46. The molecular formula is C16H19N5O. The quantitative estimate of drug-likeness (QED) is 0.729. The molecule has 2 N–H and O–H groups in total. The van der Waals surface area contributed by atoms with Gasteiger partial charge in [0, 0.05) is 18.4 Å². The largest absolute Gasteiger partial charge is 0.396 e. The Balaban J connectivity index is 1.97. The predicted octanol–water partition coefficient (Wildman–Crippen LogP) is 2.22. The Kier molecular flexibility index (Phi) is 4.29. The van der Waals surface area contributed by atoms with Crippen LogP contribution in [0.25, 0.3) is 5.78 Å². The summed E-state index contributed by atoms with van der Waals surface area (Å²) in [5, 5.41) is 17.0. The molecule has 0 aliphatic rings. The lowest BCUT2D eigenvalue weighted by Gasteiger charge is -2.20. The molecule has 2 aromatic heterocycles. The first-order valence-electron chi connectivity index (χ1n) is 7.43. The normalized spacial score (nSPS) is 12.5. The maximum absolute atomic E-state index is 9.36. The van der Waals surface area contributed by atoms with E-state index in [2.05, 4.69) is 27.3 Å². The highest BCUT2D eigenvalue weighted by Crippen LogP contribution is 2.23. The molecule has 0 amide bonds. The number of nitrogens with one attached hydrogen (secondary N) is 1. The van der Waals surface area contributed by atoms with Crippen LogP contribution in [0.3, 0.4) is 0 Å². The number of aliphatic hydroxyl groups is 1. The first-order chi connectivity index (χ1) is 10.8. The molecule has 0 aliphatic heterocycles. The van der Waals surface area contributed by atoms with Gasteiger partial charge in [0.2, 0.25) is 0 Å². The molecule has 6 nitrogen and oxygen atoms in total. The first kappa shape index (κ1) is 14.5. The van der Waals surface area contributed by atoms with Crippen molar-refractivity contribution in [3.05, 3.63) is 54.0 Å². The minimum atomic E-state index is 0.00528. The Hall–Kier alpha value is -2.47. The first-order valence-corrected chi connectivity index (χ1v) is 7.43. The van der Waals surface area contributed by atoms with Crippen molar-refractivity contribution in [3.63, 3.8) is 0 Å². The van der Waals surface area contributed by atoms with Crippen molar-refractivity contribution in [1.82, 2.24) is 19.6 Å². The molecule has 6 heteroatoms. The Bertz CT molecular complexity index is 741. The molecule has 0 saturated carbocycles. The van der Waals surface area contributed by atoms with Gasteiger partial charge in [0.1, 0.15) is 12.1 Å². The molecule has 0 radical (unpaired) electrons. The monoisotopic (exact) mass is 297 g/mol. The van der Waals surface area contributed by atoms with Gasteiger partial charge in [-0.05, 0) is 18.4 Å². The summed E-state index contributed by atoms with van der Waals surface area (Å²) in [5.41, 5.74) is 2.08. The van der Waals surface area contributed by atoms with Crippen molar-refractivity contribution >= 4 is 11.6 Å². The van der Waals surface area contributed by atoms with E-state index < -0.39 is 0 Å². The summed E-state index contributed by atoms with van der Waals surface area (Å²) < 4.78 is 1.69. The van der Waals surface area contributed by atoms with Crippen LogP contribution in [-0.4, -0.2) is 31.3 Å². The van der Waals surface area contributed by atoms with Crippen molar-refractivity contribution in [2.75, 3.05) is 11.9 Å². The molecule has 2 heterocycles. The van der Waals surface area contributed by atoms with E-state index in [9.17, 15) is 5.11 Å². The van der Waals surface area contributed by atoms with Crippen molar-refractivity contribution in [1.29, 1.82) is 0 Å². The van der Waals surface area contributed by atoms with Crippen molar-refractivity contribution < 1.29 is 5.11 Å². The zero-order valence-electron chi connectivity index (χ0n) is 12.5. The molecule has 3 rings (SSSR count). The average molecular weight is 297 g/mol. The predicted molar refractivity (Wildman–Crippen MR) is 84.7 cm³/mol. The van der Waals surface area contributed by atoms with Crippen molar-refractivity contribution in [2.45, 2.75) is 25.8 Å². The topological polar surface area (TPSA) is 75.3 Å². The number of benzene rings is 1. The highest BCUT2D eigenvalue weighted by Gasteiger charge is 2.14. The number of aliphatic hydroxyl groups excluding tert-OH is 1. The standard InChI is InChI=1S/C16H19N5O/c1-2-13-10-15(21-16(19-13)17-11-18-21)20-14(8-9-22)12-6-4-3-5-7-12/h3-7,10-11,14,20,22H,2,8-9H2,1H3/t14-/m0/s1. The van der Waals surface area contributed by atoms with Crippen LogP contribution in [0.15, 0.2) is 42.7 Å². The number of rotatable bonds is 6. The van der Waals surface area contributed by atoms with Crippen LogP contribution in [0.5, 0.6) is 0 Å². The summed E-state index contributed by atoms with van der Waals surface area (Å²) in [7, 11) is 0. The molecule has 0 fully saturated rings. The summed E-state index contributed by atoms with van der Waals surface area (Å²) in [6.07, 6.45) is 2.94. The number of anilines is 1. The molecule has 0 bridgehead atoms. The third-order valence-corrected chi connectivity index (χ3v) is 3.61. The molecule has 1 aromatic carbocycles. The van der Waals surface area contributed by atoms with Gasteiger partial charge in [-0.2, -0.15) is 14.6 Å². The number of nitrogens with zero attached hydrogens (tertiary/aromatic N) is 4. The van der Waals surface area contributed by atoms with E-state index in [-0.39, 0.29) is 12.6 Å². The zero-order valence-corrected chi connectivity index (χ0v) is 12.5. The number of fused-ring (bicyclic) bond motifs is 1. The second kappa shape index (κ2) is 6.53. The van der Waals surface area contributed by atoms with Crippen LogP contribution in [0.4, 0.5) is 5.82 Å². The summed E-state index contributed by atoms with van der Waals surface area (Å²) in [5.74, 6) is 1.42. The summed E-state index contributed by atoms with van der Waals surface area (Å²) in [6.45, 7) is 2.17. The lowest BCUT2D eigenvalue weighted by molar-refractivity contribution is 0.280. The Morgan fingerprint density at radius 3 is 2.82 bits per heavy atom. The van der Waals surface area contributed by atoms with Crippen LogP contribution in [0, 0.1) is 0 Å². The molecule has 114 valence electrons. The van der Waals surface area contributed by atoms with Gasteiger partial charge in [-0.1, -0.05) is 37.3 Å². The minimum absolute atomic E-state index is 0.00528. The molecule has 0 unspecified atom stereocenters. The highest BCUT2D eigenvalue weighted by atomic mass is 16.3. The molecule has 3 aromatic rings. The van der Waals surface area contributed by atoms with Crippen LogP contribution < -0.4 is 5.32 Å². The lowest BCUT2D eigenvalue weighted by atomic mass is 10.0.